The molecule has 0 saturated heterocycles. The van der Waals surface area contributed by atoms with Crippen LogP contribution in [0.2, 0.25) is 0 Å². The third kappa shape index (κ3) is 3.90. The van der Waals surface area contributed by atoms with E-state index in [0.29, 0.717) is 11.1 Å². The number of nitrogens with zero attached hydrogens (tertiary/aromatic N) is 1. The van der Waals surface area contributed by atoms with Gasteiger partial charge in [0.25, 0.3) is 0 Å². The third-order valence-corrected chi connectivity index (χ3v) is 4.76. The standard InChI is InChI=1S/C25H19NO3/c1-17(29-25(27)19-12-10-18(15-26)11-13-19)16-28-24-14-20-6-2-3-7-21(20)22-8-4-5-9-23(22)24/h2-14,17H,16H2,1H3. The molecule has 0 N–H and O–H groups in total. The molecule has 0 amide bonds. The van der Waals surface area contributed by atoms with Crippen LogP contribution in [-0.4, -0.2) is 18.7 Å². The van der Waals surface area contributed by atoms with E-state index >= 15 is 0 Å². The molecule has 1 atom stereocenters. The molecular weight excluding hydrogens is 362 g/mol. The summed E-state index contributed by atoms with van der Waals surface area (Å²) in [5, 5.41) is 13.3. The van der Waals surface area contributed by atoms with E-state index in [1.54, 1.807) is 31.2 Å². The summed E-state index contributed by atoms with van der Waals surface area (Å²) < 4.78 is 11.5. The van der Waals surface area contributed by atoms with Crippen LogP contribution >= 0.6 is 0 Å². The first kappa shape index (κ1) is 18.5. The van der Waals surface area contributed by atoms with Crippen LogP contribution in [0.5, 0.6) is 5.75 Å². The predicted octanol–water partition coefficient (Wildman–Crippen LogP) is 5.49. The molecule has 4 heteroatoms. The lowest BCUT2D eigenvalue weighted by Gasteiger charge is -2.16. The summed E-state index contributed by atoms with van der Waals surface area (Å²) in [6.45, 7) is 2.04. The zero-order valence-electron chi connectivity index (χ0n) is 16.0. The van der Waals surface area contributed by atoms with E-state index in [2.05, 4.69) is 18.2 Å². The largest absolute Gasteiger partial charge is 0.489 e. The first-order valence-electron chi connectivity index (χ1n) is 9.40. The van der Waals surface area contributed by atoms with Gasteiger partial charge in [-0.3, -0.25) is 0 Å². The zero-order chi connectivity index (χ0) is 20.2. The Kier molecular flexibility index (Phi) is 5.13. The van der Waals surface area contributed by atoms with E-state index in [9.17, 15) is 4.79 Å². The van der Waals surface area contributed by atoms with Gasteiger partial charge in [0.1, 0.15) is 18.5 Å². The quantitative estimate of drug-likeness (QED) is 0.339. The van der Waals surface area contributed by atoms with Gasteiger partial charge in [0.2, 0.25) is 0 Å². The fraction of sp³-hybridized carbons (Fsp3) is 0.120. The smallest absolute Gasteiger partial charge is 0.338 e. The minimum Gasteiger partial charge on any atom is -0.489 e. The molecule has 0 radical (unpaired) electrons. The topological polar surface area (TPSA) is 59.3 Å². The fourth-order valence-corrected chi connectivity index (χ4v) is 3.31. The van der Waals surface area contributed by atoms with Gasteiger partial charge in [-0.2, -0.15) is 5.26 Å². The van der Waals surface area contributed by atoms with Gasteiger partial charge in [0, 0.05) is 5.39 Å². The molecule has 29 heavy (non-hydrogen) atoms. The first-order valence-corrected chi connectivity index (χ1v) is 9.40. The van der Waals surface area contributed by atoms with E-state index in [4.69, 9.17) is 14.7 Å². The van der Waals surface area contributed by atoms with Crippen LogP contribution in [0.1, 0.15) is 22.8 Å². The van der Waals surface area contributed by atoms with Gasteiger partial charge in [-0.1, -0.05) is 48.5 Å². The summed E-state index contributed by atoms with van der Waals surface area (Å²) in [5.41, 5.74) is 0.910. The van der Waals surface area contributed by atoms with Gasteiger partial charge in [-0.05, 0) is 53.4 Å². The molecule has 1 unspecified atom stereocenters. The average molecular weight is 381 g/mol. The molecule has 142 valence electrons. The number of rotatable bonds is 5. The monoisotopic (exact) mass is 381 g/mol. The SMILES string of the molecule is CC(COc1cc2ccccc2c2ccccc12)OC(=O)c1ccc(C#N)cc1. The number of ether oxygens (including phenoxy) is 2. The van der Waals surface area contributed by atoms with Crippen molar-refractivity contribution in [2.75, 3.05) is 6.61 Å². The van der Waals surface area contributed by atoms with Crippen LogP contribution in [0.15, 0.2) is 78.9 Å². The number of benzene rings is 4. The molecule has 0 saturated carbocycles. The summed E-state index contributed by atoms with van der Waals surface area (Å²) in [5.74, 6) is 0.328. The van der Waals surface area contributed by atoms with Gasteiger partial charge in [-0.15, -0.1) is 0 Å². The number of esters is 1. The second-order valence-corrected chi connectivity index (χ2v) is 6.86. The molecule has 0 aromatic heterocycles. The fourth-order valence-electron chi connectivity index (χ4n) is 3.31. The summed E-state index contributed by atoms with van der Waals surface area (Å²) in [4.78, 5) is 12.3. The second-order valence-electron chi connectivity index (χ2n) is 6.86. The lowest BCUT2D eigenvalue weighted by atomic mass is 10.0. The van der Waals surface area contributed by atoms with Crippen LogP contribution in [-0.2, 0) is 4.74 Å². The van der Waals surface area contributed by atoms with E-state index in [1.807, 2.05) is 42.5 Å². The number of hydrogen-bond donors (Lipinski definition) is 0. The molecular formula is C25H19NO3. The highest BCUT2D eigenvalue weighted by molar-refractivity contribution is 6.10. The van der Waals surface area contributed by atoms with Crippen molar-refractivity contribution in [2.45, 2.75) is 13.0 Å². The van der Waals surface area contributed by atoms with Crippen molar-refractivity contribution in [3.8, 4) is 11.8 Å². The normalized spacial score (nSPS) is 11.7. The van der Waals surface area contributed by atoms with Crippen molar-refractivity contribution in [3.63, 3.8) is 0 Å². The van der Waals surface area contributed by atoms with Crippen LogP contribution in [0.3, 0.4) is 0 Å². The summed E-state index contributed by atoms with van der Waals surface area (Å²) in [6.07, 6.45) is -0.427. The molecule has 0 spiro atoms. The van der Waals surface area contributed by atoms with Crippen molar-refractivity contribution < 1.29 is 14.3 Å². The third-order valence-electron chi connectivity index (χ3n) is 4.76. The molecule has 4 aromatic rings. The lowest BCUT2D eigenvalue weighted by Crippen LogP contribution is -2.22. The minimum atomic E-state index is -0.436. The maximum Gasteiger partial charge on any atom is 0.338 e. The number of nitriles is 1. The Balaban J connectivity index is 1.50. The summed E-state index contributed by atoms with van der Waals surface area (Å²) in [6, 6.07) is 26.7. The van der Waals surface area contributed by atoms with E-state index < -0.39 is 12.1 Å². The Morgan fingerprint density at radius 3 is 2.31 bits per heavy atom. The van der Waals surface area contributed by atoms with Gasteiger partial charge >= 0.3 is 5.97 Å². The highest BCUT2D eigenvalue weighted by Crippen LogP contribution is 2.33. The van der Waals surface area contributed by atoms with Gasteiger partial charge in [0.05, 0.1) is 17.2 Å². The van der Waals surface area contributed by atoms with Crippen molar-refractivity contribution in [1.82, 2.24) is 0 Å². The summed E-state index contributed by atoms with van der Waals surface area (Å²) in [7, 11) is 0. The first-order chi connectivity index (χ1) is 14.2. The van der Waals surface area contributed by atoms with Crippen LogP contribution < -0.4 is 4.74 Å². The van der Waals surface area contributed by atoms with E-state index in [0.717, 1.165) is 21.9 Å². The lowest BCUT2D eigenvalue weighted by molar-refractivity contribution is 0.0230. The summed E-state index contributed by atoms with van der Waals surface area (Å²) >= 11 is 0. The predicted molar refractivity (Wildman–Crippen MR) is 113 cm³/mol. The van der Waals surface area contributed by atoms with Crippen LogP contribution in [0.25, 0.3) is 21.5 Å². The Hall–Kier alpha value is -3.84. The molecule has 0 fully saturated rings. The molecule has 0 aliphatic heterocycles. The average Bonchev–Trinajstić information content (AvgIpc) is 2.77. The zero-order valence-corrected chi connectivity index (χ0v) is 16.0. The highest BCUT2D eigenvalue weighted by atomic mass is 16.6. The number of carbonyl (C=O) groups excluding carboxylic acids is 1. The number of hydrogen-bond acceptors (Lipinski definition) is 4. The van der Waals surface area contributed by atoms with Crippen molar-refractivity contribution >= 4 is 27.5 Å². The molecule has 0 bridgehead atoms. The van der Waals surface area contributed by atoms with E-state index in [1.165, 1.54) is 5.39 Å². The second kappa shape index (κ2) is 8.04. The van der Waals surface area contributed by atoms with E-state index in [-0.39, 0.29) is 6.61 Å². The Labute approximate surface area is 168 Å². The van der Waals surface area contributed by atoms with Crippen molar-refractivity contribution in [3.05, 3.63) is 90.0 Å². The van der Waals surface area contributed by atoms with Gasteiger partial charge in [-0.25, -0.2) is 4.79 Å². The molecule has 0 heterocycles. The number of carbonyl (C=O) groups is 1. The number of fused-ring (bicyclic) bond motifs is 3. The Bertz CT molecular complexity index is 1220. The molecule has 4 rings (SSSR count). The maximum atomic E-state index is 12.3. The van der Waals surface area contributed by atoms with Crippen molar-refractivity contribution in [1.29, 1.82) is 5.26 Å². The molecule has 0 aliphatic carbocycles. The minimum absolute atomic E-state index is 0.240. The highest BCUT2D eigenvalue weighted by Gasteiger charge is 2.14. The molecule has 4 aromatic carbocycles. The van der Waals surface area contributed by atoms with Crippen LogP contribution in [0, 0.1) is 11.3 Å². The van der Waals surface area contributed by atoms with Gasteiger partial charge in [0.15, 0.2) is 0 Å². The molecule has 4 nitrogen and oxygen atoms in total. The molecule has 0 aliphatic rings. The maximum absolute atomic E-state index is 12.3. The van der Waals surface area contributed by atoms with Gasteiger partial charge < -0.3 is 9.47 Å². The Morgan fingerprint density at radius 2 is 1.59 bits per heavy atom. The Morgan fingerprint density at radius 1 is 0.931 bits per heavy atom. The van der Waals surface area contributed by atoms with Crippen LogP contribution in [0.4, 0.5) is 0 Å². The van der Waals surface area contributed by atoms with Crippen molar-refractivity contribution in [2.24, 2.45) is 0 Å².